The van der Waals surface area contributed by atoms with Crippen molar-refractivity contribution < 1.29 is 4.42 Å². The lowest BCUT2D eigenvalue weighted by atomic mass is 9.86. The maximum absolute atomic E-state index is 6.08. The molecule has 0 saturated carbocycles. The van der Waals surface area contributed by atoms with Crippen LogP contribution in [0.1, 0.15) is 0 Å². The Labute approximate surface area is 285 Å². The van der Waals surface area contributed by atoms with E-state index in [1.165, 1.54) is 38.9 Å². The van der Waals surface area contributed by atoms with Gasteiger partial charge in [0.25, 0.3) is 0 Å². The van der Waals surface area contributed by atoms with Crippen molar-refractivity contribution in [3.63, 3.8) is 0 Å². The highest BCUT2D eigenvalue weighted by atomic mass is 16.3. The number of benzene rings is 7. The minimum absolute atomic E-state index is 0.910. The Hall–Kier alpha value is -6.51. The van der Waals surface area contributed by atoms with E-state index < -0.39 is 0 Å². The summed E-state index contributed by atoms with van der Waals surface area (Å²) in [7, 11) is 0. The number of rotatable bonds is 6. The first-order valence-electron chi connectivity index (χ1n) is 16.6. The summed E-state index contributed by atoms with van der Waals surface area (Å²) in [6.45, 7) is 0. The molecule has 230 valence electrons. The van der Waals surface area contributed by atoms with Crippen LogP contribution in [0.3, 0.4) is 0 Å². The SMILES string of the molecule is c1ccc(-c2cc(-c3cccc(-c4ccc(-c5ccc6oc7ccccc7c6c5)cc4)c3-c3ccccc3)cc(-c3ccccc3)n2)cc1. The molecule has 0 atom stereocenters. The smallest absolute Gasteiger partial charge is 0.135 e. The van der Waals surface area contributed by atoms with Crippen LogP contribution >= 0.6 is 0 Å². The predicted octanol–water partition coefficient (Wildman–Crippen LogP) is 13.0. The van der Waals surface area contributed by atoms with Crippen molar-refractivity contribution in [2.45, 2.75) is 0 Å². The second-order valence-corrected chi connectivity index (χ2v) is 12.3. The first-order valence-corrected chi connectivity index (χ1v) is 16.6. The van der Waals surface area contributed by atoms with Crippen LogP contribution in [-0.2, 0) is 0 Å². The lowest BCUT2D eigenvalue weighted by Gasteiger charge is -2.18. The largest absolute Gasteiger partial charge is 0.456 e. The molecular formula is C47H31NO. The average Bonchev–Trinajstić information content (AvgIpc) is 3.56. The van der Waals surface area contributed by atoms with Crippen LogP contribution in [0.5, 0.6) is 0 Å². The van der Waals surface area contributed by atoms with Crippen LogP contribution < -0.4 is 0 Å². The molecule has 2 heterocycles. The molecule has 0 saturated heterocycles. The van der Waals surface area contributed by atoms with E-state index in [4.69, 9.17) is 9.40 Å². The normalized spacial score (nSPS) is 11.3. The van der Waals surface area contributed by atoms with Crippen molar-refractivity contribution >= 4 is 21.9 Å². The molecule has 0 spiro atoms. The summed E-state index contributed by atoms with van der Waals surface area (Å²) in [6.07, 6.45) is 0. The third-order valence-corrected chi connectivity index (χ3v) is 9.31. The topological polar surface area (TPSA) is 26.0 Å². The van der Waals surface area contributed by atoms with Gasteiger partial charge in [-0.1, -0.05) is 158 Å². The van der Waals surface area contributed by atoms with Gasteiger partial charge in [0.15, 0.2) is 0 Å². The van der Waals surface area contributed by atoms with Gasteiger partial charge < -0.3 is 4.42 Å². The second kappa shape index (κ2) is 12.3. The molecule has 0 radical (unpaired) electrons. The number of aromatic nitrogens is 1. The van der Waals surface area contributed by atoms with Gasteiger partial charge in [0.05, 0.1) is 11.4 Å². The lowest BCUT2D eigenvalue weighted by molar-refractivity contribution is 0.669. The molecule has 0 fully saturated rings. The summed E-state index contributed by atoms with van der Waals surface area (Å²) < 4.78 is 6.08. The fraction of sp³-hybridized carbons (Fsp3) is 0. The van der Waals surface area contributed by atoms with Crippen molar-refractivity contribution in [1.29, 1.82) is 0 Å². The molecule has 2 aromatic heterocycles. The zero-order chi connectivity index (χ0) is 32.6. The van der Waals surface area contributed by atoms with E-state index in [0.717, 1.165) is 50.0 Å². The van der Waals surface area contributed by atoms with Gasteiger partial charge in [0, 0.05) is 21.9 Å². The molecule has 0 bridgehead atoms. The van der Waals surface area contributed by atoms with E-state index in [0.29, 0.717) is 0 Å². The van der Waals surface area contributed by atoms with Crippen LogP contribution in [0.15, 0.2) is 192 Å². The predicted molar refractivity (Wildman–Crippen MR) is 204 cm³/mol. The van der Waals surface area contributed by atoms with Gasteiger partial charge in [-0.15, -0.1) is 0 Å². The number of hydrogen-bond donors (Lipinski definition) is 0. The van der Waals surface area contributed by atoms with Crippen LogP contribution in [0.4, 0.5) is 0 Å². The van der Waals surface area contributed by atoms with Crippen molar-refractivity contribution in [3.8, 4) is 67.0 Å². The Morgan fingerprint density at radius 3 is 1.47 bits per heavy atom. The minimum Gasteiger partial charge on any atom is -0.456 e. The fourth-order valence-corrected chi connectivity index (χ4v) is 6.90. The van der Waals surface area contributed by atoms with E-state index >= 15 is 0 Å². The average molecular weight is 626 g/mol. The zero-order valence-corrected chi connectivity index (χ0v) is 26.8. The maximum Gasteiger partial charge on any atom is 0.135 e. The second-order valence-electron chi connectivity index (χ2n) is 12.3. The van der Waals surface area contributed by atoms with E-state index in [1.807, 2.05) is 24.3 Å². The Balaban J connectivity index is 1.19. The molecule has 7 aromatic carbocycles. The van der Waals surface area contributed by atoms with Gasteiger partial charge in [0.2, 0.25) is 0 Å². The van der Waals surface area contributed by atoms with Crippen LogP contribution in [-0.4, -0.2) is 4.98 Å². The number of pyridine rings is 1. The highest BCUT2D eigenvalue weighted by Crippen LogP contribution is 2.42. The van der Waals surface area contributed by atoms with Crippen LogP contribution in [0.2, 0.25) is 0 Å². The van der Waals surface area contributed by atoms with Crippen molar-refractivity contribution in [2.75, 3.05) is 0 Å². The van der Waals surface area contributed by atoms with Gasteiger partial charge in [0.1, 0.15) is 11.2 Å². The van der Waals surface area contributed by atoms with Gasteiger partial charge in [-0.3, -0.25) is 0 Å². The summed E-state index contributed by atoms with van der Waals surface area (Å²) in [4.78, 5) is 5.15. The Bertz CT molecular complexity index is 2510. The van der Waals surface area contributed by atoms with Crippen LogP contribution in [0.25, 0.3) is 89.0 Å². The minimum atomic E-state index is 0.910. The molecular weight excluding hydrogens is 595 g/mol. The molecule has 2 heteroatoms. The van der Waals surface area contributed by atoms with Gasteiger partial charge in [-0.05, 0) is 74.8 Å². The fourth-order valence-electron chi connectivity index (χ4n) is 6.90. The van der Waals surface area contributed by atoms with Gasteiger partial charge >= 0.3 is 0 Å². The number of furan rings is 1. The quantitative estimate of drug-likeness (QED) is 0.184. The number of nitrogens with zero attached hydrogens (tertiary/aromatic N) is 1. The number of hydrogen-bond acceptors (Lipinski definition) is 2. The zero-order valence-electron chi connectivity index (χ0n) is 26.8. The Morgan fingerprint density at radius 1 is 0.306 bits per heavy atom. The first-order chi connectivity index (χ1) is 24.3. The molecule has 0 aliphatic rings. The standard InChI is InChI=1S/C47H31NO/c1-4-13-34(14-5-1)43-30-38(31-44(48-43)35-15-6-2-7-16-35)40-21-12-20-39(47(40)36-17-8-3-9-18-36)33-25-23-32(24-26-33)37-27-28-46-42(29-37)41-19-10-11-22-45(41)49-46/h1-31H. The first kappa shape index (κ1) is 28.7. The molecule has 0 unspecified atom stereocenters. The summed E-state index contributed by atoms with van der Waals surface area (Å²) >= 11 is 0. The third-order valence-electron chi connectivity index (χ3n) is 9.31. The van der Waals surface area contributed by atoms with E-state index in [1.54, 1.807) is 0 Å². The molecule has 9 rings (SSSR count). The summed E-state index contributed by atoms with van der Waals surface area (Å²) in [5.74, 6) is 0. The van der Waals surface area contributed by atoms with Crippen molar-refractivity contribution in [3.05, 3.63) is 188 Å². The molecule has 2 nitrogen and oxygen atoms in total. The molecule has 0 aliphatic carbocycles. The third kappa shape index (κ3) is 5.40. The van der Waals surface area contributed by atoms with Gasteiger partial charge in [-0.2, -0.15) is 0 Å². The maximum atomic E-state index is 6.08. The van der Waals surface area contributed by atoms with Crippen LogP contribution in [0, 0.1) is 0 Å². The summed E-state index contributed by atoms with van der Waals surface area (Å²) in [6, 6.07) is 66.4. The monoisotopic (exact) mass is 625 g/mol. The summed E-state index contributed by atoms with van der Waals surface area (Å²) in [5.41, 5.74) is 15.3. The molecule has 0 aliphatic heterocycles. The highest BCUT2D eigenvalue weighted by molar-refractivity contribution is 6.06. The van der Waals surface area contributed by atoms with Crippen molar-refractivity contribution in [2.24, 2.45) is 0 Å². The molecule has 0 N–H and O–H groups in total. The molecule has 9 aromatic rings. The van der Waals surface area contributed by atoms with E-state index in [9.17, 15) is 0 Å². The lowest BCUT2D eigenvalue weighted by Crippen LogP contribution is -1.94. The Morgan fingerprint density at radius 2 is 0.816 bits per heavy atom. The number of fused-ring (bicyclic) bond motifs is 3. The number of para-hydroxylation sites is 1. The van der Waals surface area contributed by atoms with E-state index in [2.05, 4.69) is 164 Å². The molecule has 49 heavy (non-hydrogen) atoms. The van der Waals surface area contributed by atoms with Crippen molar-refractivity contribution in [1.82, 2.24) is 4.98 Å². The highest BCUT2D eigenvalue weighted by Gasteiger charge is 2.17. The Kier molecular flexibility index (Phi) is 7.18. The molecule has 0 amide bonds. The summed E-state index contributed by atoms with van der Waals surface area (Å²) in [5, 5.41) is 2.28. The van der Waals surface area contributed by atoms with E-state index in [-0.39, 0.29) is 0 Å². The van der Waals surface area contributed by atoms with Gasteiger partial charge in [-0.25, -0.2) is 4.98 Å².